The number of nitrogens with zero attached hydrogens (tertiary/aromatic N) is 3. The molecule has 1 aliphatic rings. The fraction of sp³-hybridized carbons (Fsp3) is 0.273. The van der Waals surface area contributed by atoms with E-state index in [2.05, 4.69) is 20.4 Å². The van der Waals surface area contributed by atoms with E-state index in [1.807, 2.05) is 60.7 Å². The van der Waals surface area contributed by atoms with Crippen LogP contribution in [0.2, 0.25) is 0 Å². The van der Waals surface area contributed by atoms with Crippen molar-refractivity contribution in [2.45, 2.75) is 6.10 Å². The van der Waals surface area contributed by atoms with E-state index in [1.165, 1.54) is 0 Å². The lowest BCUT2D eigenvalue weighted by Crippen LogP contribution is -2.50. The second-order valence-electron chi connectivity index (χ2n) is 7.17. The Bertz CT molecular complexity index is 921. The van der Waals surface area contributed by atoms with Gasteiger partial charge in [-0.3, -0.25) is 10.00 Å². The Morgan fingerprint density at radius 1 is 1.03 bits per heavy atom. The highest BCUT2D eigenvalue weighted by atomic mass is 16.3. The number of aromatic amines is 1. The number of hydrogen-bond donors (Lipinski definition) is 3. The predicted octanol–water partition coefficient (Wildman–Crippen LogP) is 2.96. The van der Waals surface area contributed by atoms with Gasteiger partial charge in [-0.2, -0.15) is 5.10 Å². The van der Waals surface area contributed by atoms with Gasteiger partial charge in [0.1, 0.15) is 0 Å². The molecule has 4 rings (SSSR count). The molecule has 1 aliphatic heterocycles. The van der Waals surface area contributed by atoms with Crippen molar-refractivity contribution in [2.75, 3.05) is 38.0 Å². The average Bonchev–Trinajstić information content (AvgIpc) is 3.23. The van der Waals surface area contributed by atoms with Crippen LogP contribution in [0.15, 0.2) is 66.9 Å². The number of nitrogens with one attached hydrogen (secondary N) is 2. The first kappa shape index (κ1) is 19.2. The Labute approximate surface area is 170 Å². The number of H-pyrrole nitrogens is 1. The summed E-state index contributed by atoms with van der Waals surface area (Å²) in [6.07, 6.45) is 1.11. The number of amides is 2. The number of carbonyl (C=O) groups excluding carboxylic acids is 1. The smallest absolute Gasteiger partial charge is 0.322 e. The van der Waals surface area contributed by atoms with Crippen LogP contribution >= 0.6 is 0 Å². The molecule has 29 heavy (non-hydrogen) atoms. The lowest BCUT2D eigenvalue weighted by atomic mass is 10.1. The lowest BCUT2D eigenvalue weighted by Gasteiger charge is -2.35. The molecule has 1 unspecified atom stereocenters. The molecule has 2 aromatic carbocycles. The third-order valence-corrected chi connectivity index (χ3v) is 5.22. The van der Waals surface area contributed by atoms with Crippen molar-refractivity contribution in [3.63, 3.8) is 0 Å². The maximum atomic E-state index is 12.7. The van der Waals surface area contributed by atoms with Crippen molar-refractivity contribution >= 4 is 11.7 Å². The standard InChI is InChI=1S/C22H25N5O2/c28-20(17-7-3-1-4-8-17)16-26-11-13-27(14-12-26)22(29)24-19-15-23-25-21(19)18-9-5-2-6-10-18/h1-10,15,20,28H,11-14,16H2,(H,23,25)(H,24,29). The van der Waals surface area contributed by atoms with Gasteiger partial charge in [0.15, 0.2) is 0 Å². The maximum Gasteiger partial charge on any atom is 0.322 e. The fourth-order valence-electron chi connectivity index (χ4n) is 3.56. The van der Waals surface area contributed by atoms with Gasteiger partial charge in [0, 0.05) is 38.3 Å². The van der Waals surface area contributed by atoms with Crippen LogP contribution in [0.3, 0.4) is 0 Å². The normalized spacial score (nSPS) is 15.8. The summed E-state index contributed by atoms with van der Waals surface area (Å²) < 4.78 is 0. The third-order valence-electron chi connectivity index (χ3n) is 5.22. The largest absolute Gasteiger partial charge is 0.387 e. The molecule has 3 N–H and O–H groups in total. The molecule has 2 amide bonds. The van der Waals surface area contributed by atoms with Gasteiger partial charge in [-0.1, -0.05) is 60.7 Å². The summed E-state index contributed by atoms with van der Waals surface area (Å²) in [6, 6.07) is 19.3. The number of aliphatic hydroxyl groups excluding tert-OH is 1. The molecular formula is C22H25N5O2. The molecule has 2 heterocycles. The van der Waals surface area contributed by atoms with Gasteiger partial charge >= 0.3 is 6.03 Å². The Morgan fingerprint density at radius 3 is 2.38 bits per heavy atom. The molecule has 0 radical (unpaired) electrons. The predicted molar refractivity (Wildman–Crippen MR) is 112 cm³/mol. The summed E-state index contributed by atoms with van der Waals surface area (Å²) in [5.74, 6) is 0. The summed E-state index contributed by atoms with van der Waals surface area (Å²) >= 11 is 0. The molecular weight excluding hydrogens is 366 g/mol. The van der Waals surface area contributed by atoms with Crippen molar-refractivity contribution in [1.29, 1.82) is 0 Å². The number of piperazine rings is 1. The van der Waals surface area contributed by atoms with Gasteiger partial charge in [0.05, 0.1) is 23.7 Å². The molecule has 1 fully saturated rings. The molecule has 7 heteroatoms. The van der Waals surface area contributed by atoms with E-state index in [0.717, 1.165) is 29.9 Å². The number of hydrogen-bond acceptors (Lipinski definition) is 4. The highest BCUT2D eigenvalue weighted by Crippen LogP contribution is 2.25. The Hall–Kier alpha value is -3.16. The summed E-state index contributed by atoms with van der Waals surface area (Å²) in [5.41, 5.74) is 3.35. The van der Waals surface area contributed by atoms with Gasteiger partial charge in [-0.05, 0) is 5.56 Å². The minimum atomic E-state index is -0.518. The molecule has 1 saturated heterocycles. The van der Waals surface area contributed by atoms with Gasteiger partial charge in [-0.25, -0.2) is 4.79 Å². The second-order valence-corrected chi connectivity index (χ2v) is 7.17. The van der Waals surface area contributed by atoms with Crippen LogP contribution in [0.5, 0.6) is 0 Å². The van der Waals surface area contributed by atoms with E-state index in [1.54, 1.807) is 11.1 Å². The first-order valence-corrected chi connectivity index (χ1v) is 9.81. The quantitative estimate of drug-likeness (QED) is 0.624. The maximum absolute atomic E-state index is 12.7. The summed E-state index contributed by atoms with van der Waals surface area (Å²) in [4.78, 5) is 16.7. The molecule has 1 aromatic heterocycles. The monoisotopic (exact) mass is 391 g/mol. The van der Waals surface area contributed by atoms with Crippen molar-refractivity contribution in [2.24, 2.45) is 0 Å². The van der Waals surface area contributed by atoms with Crippen LogP contribution in [0.1, 0.15) is 11.7 Å². The van der Waals surface area contributed by atoms with Crippen LogP contribution in [-0.2, 0) is 0 Å². The van der Waals surface area contributed by atoms with Gasteiger partial charge in [0.25, 0.3) is 0 Å². The van der Waals surface area contributed by atoms with E-state index in [4.69, 9.17) is 0 Å². The molecule has 0 spiro atoms. The minimum Gasteiger partial charge on any atom is -0.387 e. The van der Waals surface area contributed by atoms with Gasteiger partial charge < -0.3 is 15.3 Å². The van der Waals surface area contributed by atoms with Crippen LogP contribution in [0, 0.1) is 0 Å². The fourth-order valence-corrected chi connectivity index (χ4v) is 3.56. The van der Waals surface area contributed by atoms with E-state index < -0.39 is 6.10 Å². The molecule has 0 bridgehead atoms. The first-order valence-electron chi connectivity index (χ1n) is 9.81. The summed E-state index contributed by atoms with van der Waals surface area (Å²) in [6.45, 7) is 3.26. The van der Waals surface area contributed by atoms with Crippen LogP contribution < -0.4 is 5.32 Å². The minimum absolute atomic E-state index is 0.133. The number of anilines is 1. The number of rotatable bonds is 5. The average molecular weight is 391 g/mol. The van der Waals surface area contributed by atoms with Crippen LogP contribution in [-0.4, -0.2) is 63.9 Å². The van der Waals surface area contributed by atoms with Crippen LogP contribution in [0.4, 0.5) is 10.5 Å². The van der Waals surface area contributed by atoms with Crippen molar-refractivity contribution in [3.8, 4) is 11.3 Å². The Kier molecular flexibility index (Phi) is 5.88. The zero-order valence-electron chi connectivity index (χ0n) is 16.2. The van der Waals surface area contributed by atoms with Gasteiger partial charge in [0.2, 0.25) is 0 Å². The highest BCUT2D eigenvalue weighted by molar-refractivity contribution is 5.93. The van der Waals surface area contributed by atoms with E-state index in [9.17, 15) is 9.90 Å². The van der Waals surface area contributed by atoms with Crippen molar-refractivity contribution in [1.82, 2.24) is 20.0 Å². The van der Waals surface area contributed by atoms with E-state index >= 15 is 0 Å². The Balaban J connectivity index is 1.31. The van der Waals surface area contributed by atoms with Crippen molar-refractivity contribution in [3.05, 3.63) is 72.4 Å². The first-order chi connectivity index (χ1) is 14.2. The third kappa shape index (κ3) is 4.64. The molecule has 150 valence electrons. The van der Waals surface area contributed by atoms with Crippen molar-refractivity contribution < 1.29 is 9.90 Å². The zero-order valence-corrected chi connectivity index (χ0v) is 16.2. The number of benzene rings is 2. The number of aliphatic hydroxyl groups is 1. The SMILES string of the molecule is O=C(Nc1cn[nH]c1-c1ccccc1)N1CCN(CC(O)c2ccccc2)CC1. The van der Waals surface area contributed by atoms with E-state index in [-0.39, 0.29) is 6.03 Å². The molecule has 7 nitrogen and oxygen atoms in total. The summed E-state index contributed by atoms with van der Waals surface area (Å²) in [5, 5.41) is 20.4. The molecule has 1 atom stereocenters. The lowest BCUT2D eigenvalue weighted by molar-refractivity contribution is 0.0831. The molecule has 0 aliphatic carbocycles. The summed E-state index contributed by atoms with van der Waals surface area (Å²) in [7, 11) is 0. The number of aromatic nitrogens is 2. The van der Waals surface area contributed by atoms with E-state index in [0.29, 0.717) is 25.3 Å². The second kappa shape index (κ2) is 8.89. The molecule has 3 aromatic rings. The van der Waals surface area contributed by atoms with Crippen LogP contribution in [0.25, 0.3) is 11.3 Å². The topological polar surface area (TPSA) is 84.5 Å². The Morgan fingerprint density at radius 2 is 1.69 bits per heavy atom. The highest BCUT2D eigenvalue weighted by Gasteiger charge is 2.24. The molecule has 0 saturated carbocycles. The van der Waals surface area contributed by atoms with Gasteiger partial charge in [-0.15, -0.1) is 0 Å². The number of urea groups is 1. The number of carbonyl (C=O) groups is 1. The zero-order chi connectivity index (χ0) is 20.1. The number of β-amino-alcohol motifs (C(OH)–C–C–N with tert-alkyl or cyclic N) is 1.